The van der Waals surface area contributed by atoms with E-state index in [-0.39, 0.29) is 12.5 Å². The van der Waals surface area contributed by atoms with E-state index in [9.17, 15) is 14.4 Å². The van der Waals surface area contributed by atoms with E-state index in [0.717, 1.165) is 23.6 Å². The van der Waals surface area contributed by atoms with Crippen molar-refractivity contribution in [2.75, 3.05) is 39.4 Å². The molecule has 2 aliphatic rings. The van der Waals surface area contributed by atoms with Gasteiger partial charge < -0.3 is 10.1 Å². The lowest BCUT2D eigenvalue weighted by Gasteiger charge is -2.35. The number of ether oxygens (including phenoxy) is 1. The van der Waals surface area contributed by atoms with Gasteiger partial charge in [0.2, 0.25) is 5.91 Å². The summed E-state index contributed by atoms with van der Waals surface area (Å²) in [5, 5.41) is 2.94. The molecule has 0 bridgehead atoms. The third-order valence-corrected chi connectivity index (χ3v) is 4.63. The summed E-state index contributed by atoms with van der Waals surface area (Å²) < 4.78 is 5.34. The SMILES string of the molecule is Cc1ccc2c(c1)C(=O)N(CC(=O)NC(C)(C)CN1CCOCC1)C2=O. The lowest BCUT2D eigenvalue weighted by Crippen LogP contribution is -2.55. The Morgan fingerprint density at radius 3 is 2.50 bits per heavy atom. The Bertz CT molecular complexity index is 738. The van der Waals surface area contributed by atoms with Crippen LogP contribution in [0.1, 0.15) is 40.1 Å². The first-order valence-corrected chi connectivity index (χ1v) is 8.85. The van der Waals surface area contributed by atoms with Gasteiger partial charge in [-0.25, -0.2) is 0 Å². The number of amides is 3. The Morgan fingerprint density at radius 2 is 1.81 bits per heavy atom. The maximum Gasteiger partial charge on any atom is 0.262 e. The van der Waals surface area contributed by atoms with Crippen molar-refractivity contribution in [3.05, 3.63) is 34.9 Å². The van der Waals surface area contributed by atoms with Crippen LogP contribution in [0.2, 0.25) is 0 Å². The van der Waals surface area contributed by atoms with E-state index < -0.39 is 17.4 Å². The Labute approximate surface area is 153 Å². The fourth-order valence-corrected chi connectivity index (χ4v) is 3.47. The average molecular weight is 359 g/mol. The second kappa shape index (κ2) is 7.17. The standard InChI is InChI=1S/C19H25N3O4/c1-13-4-5-14-15(10-13)18(25)22(17(14)24)11-16(23)20-19(2,3)12-21-6-8-26-9-7-21/h4-5,10H,6-9,11-12H2,1-3H3,(H,20,23). The fraction of sp³-hybridized carbons (Fsp3) is 0.526. The van der Waals surface area contributed by atoms with Gasteiger partial charge in [0.25, 0.3) is 11.8 Å². The molecule has 0 aliphatic carbocycles. The highest BCUT2D eigenvalue weighted by molar-refractivity contribution is 6.22. The maximum absolute atomic E-state index is 12.5. The van der Waals surface area contributed by atoms with Gasteiger partial charge >= 0.3 is 0 Å². The van der Waals surface area contributed by atoms with Crippen molar-refractivity contribution in [3.8, 4) is 0 Å². The molecule has 2 heterocycles. The summed E-state index contributed by atoms with van der Waals surface area (Å²) in [6.07, 6.45) is 0. The van der Waals surface area contributed by atoms with Crippen molar-refractivity contribution in [2.24, 2.45) is 0 Å². The van der Waals surface area contributed by atoms with Crippen molar-refractivity contribution in [2.45, 2.75) is 26.3 Å². The van der Waals surface area contributed by atoms with E-state index in [0.29, 0.717) is 30.9 Å². The van der Waals surface area contributed by atoms with Crippen LogP contribution in [-0.2, 0) is 9.53 Å². The number of nitrogens with zero attached hydrogens (tertiary/aromatic N) is 2. The van der Waals surface area contributed by atoms with Crippen LogP contribution in [0.3, 0.4) is 0 Å². The van der Waals surface area contributed by atoms with Gasteiger partial charge in [-0.15, -0.1) is 0 Å². The van der Waals surface area contributed by atoms with Gasteiger partial charge in [-0.1, -0.05) is 11.6 Å². The smallest absolute Gasteiger partial charge is 0.262 e. The fourth-order valence-electron chi connectivity index (χ4n) is 3.47. The molecular weight excluding hydrogens is 334 g/mol. The lowest BCUT2D eigenvalue weighted by atomic mass is 10.0. The first kappa shape index (κ1) is 18.5. The Balaban J connectivity index is 1.61. The summed E-state index contributed by atoms with van der Waals surface area (Å²) in [5.74, 6) is -1.16. The summed E-state index contributed by atoms with van der Waals surface area (Å²) in [4.78, 5) is 40.6. The van der Waals surface area contributed by atoms with Gasteiger partial charge in [-0.2, -0.15) is 0 Å². The van der Waals surface area contributed by atoms with E-state index in [1.54, 1.807) is 18.2 Å². The third-order valence-electron chi connectivity index (χ3n) is 4.63. The first-order valence-electron chi connectivity index (χ1n) is 8.85. The number of hydrogen-bond acceptors (Lipinski definition) is 5. The van der Waals surface area contributed by atoms with Crippen molar-refractivity contribution in [1.82, 2.24) is 15.1 Å². The number of morpholine rings is 1. The number of nitrogens with one attached hydrogen (secondary N) is 1. The van der Waals surface area contributed by atoms with Crippen LogP contribution in [0, 0.1) is 6.92 Å². The number of benzene rings is 1. The number of aryl methyl sites for hydroxylation is 1. The van der Waals surface area contributed by atoms with Crippen LogP contribution in [0.4, 0.5) is 0 Å². The van der Waals surface area contributed by atoms with Crippen LogP contribution in [-0.4, -0.2) is 72.5 Å². The van der Waals surface area contributed by atoms with Gasteiger partial charge in [-0.05, 0) is 32.9 Å². The molecule has 26 heavy (non-hydrogen) atoms. The molecule has 1 aromatic carbocycles. The molecule has 140 valence electrons. The monoisotopic (exact) mass is 359 g/mol. The van der Waals surface area contributed by atoms with Gasteiger partial charge in [0, 0.05) is 25.2 Å². The molecule has 7 nitrogen and oxygen atoms in total. The minimum Gasteiger partial charge on any atom is -0.379 e. The van der Waals surface area contributed by atoms with E-state index in [4.69, 9.17) is 4.74 Å². The van der Waals surface area contributed by atoms with Crippen LogP contribution < -0.4 is 5.32 Å². The molecule has 1 saturated heterocycles. The highest BCUT2D eigenvalue weighted by Crippen LogP contribution is 2.23. The molecule has 1 fully saturated rings. The molecule has 0 atom stereocenters. The van der Waals surface area contributed by atoms with Gasteiger partial charge in [-0.3, -0.25) is 24.2 Å². The molecule has 0 radical (unpaired) electrons. The predicted molar refractivity (Wildman–Crippen MR) is 96.0 cm³/mol. The highest BCUT2D eigenvalue weighted by atomic mass is 16.5. The van der Waals surface area contributed by atoms with E-state index >= 15 is 0 Å². The van der Waals surface area contributed by atoms with Crippen molar-refractivity contribution in [3.63, 3.8) is 0 Å². The predicted octanol–water partition coefficient (Wildman–Crippen LogP) is 0.818. The molecule has 0 spiro atoms. The van der Waals surface area contributed by atoms with Crippen molar-refractivity contribution in [1.29, 1.82) is 0 Å². The van der Waals surface area contributed by atoms with Crippen molar-refractivity contribution >= 4 is 17.7 Å². The molecule has 1 aromatic rings. The largest absolute Gasteiger partial charge is 0.379 e. The molecule has 7 heteroatoms. The number of carbonyl (C=O) groups excluding carboxylic acids is 3. The van der Waals surface area contributed by atoms with E-state index in [1.165, 1.54) is 0 Å². The summed E-state index contributed by atoms with van der Waals surface area (Å²) in [6.45, 7) is 9.20. The molecule has 0 unspecified atom stereocenters. The van der Waals surface area contributed by atoms with Gasteiger partial charge in [0.05, 0.1) is 24.3 Å². The number of fused-ring (bicyclic) bond motifs is 1. The summed E-state index contributed by atoms with van der Waals surface area (Å²) in [6, 6.07) is 5.13. The summed E-state index contributed by atoms with van der Waals surface area (Å²) in [7, 11) is 0. The van der Waals surface area contributed by atoms with E-state index in [1.807, 2.05) is 20.8 Å². The number of hydrogen-bond donors (Lipinski definition) is 1. The summed E-state index contributed by atoms with van der Waals surface area (Å²) in [5.41, 5.74) is 1.17. The highest BCUT2D eigenvalue weighted by Gasteiger charge is 2.37. The van der Waals surface area contributed by atoms with Gasteiger partial charge in [0.1, 0.15) is 6.54 Å². The zero-order chi connectivity index (χ0) is 18.9. The van der Waals surface area contributed by atoms with Gasteiger partial charge in [0.15, 0.2) is 0 Å². The second-order valence-corrected chi connectivity index (χ2v) is 7.57. The van der Waals surface area contributed by atoms with Crippen LogP contribution in [0.15, 0.2) is 18.2 Å². The molecule has 3 amide bonds. The minimum absolute atomic E-state index is 0.266. The van der Waals surface area contributed by atoms with Crippen molar-refractivity contribution < 1.29 is 19.1 Å². The lowest BCUT2D eigenvalue weighted by molar-refractivity contribution is -0.123. The molecule has 2 aliphatic heterocycles. The normalized spacial score (nSPS) is 18.2. The zero-order valence-electron chi connectivity index (χ0n) is 15.5. The quantitative estimate of drug-likeness (QED) is 0.788. The molecule has 0 saturated carbocycles. The summed E-state index contributed by atoms with van der Waals surface area (Å²) >= 11 is 0. The first-order chi connectivity index (χ1) is 12.3. The van der Waals surface area contributed by atoms with Crippen LogP contribution in [0.5, 0.6) is 0 Å². The third kappa shape index (κ3) is 3.94. The topological polar surface area (TPSA) is 79.0 Å². The molecule has 1 N–H and O–H groups in total. The number of rotatable bonds is 5. The Hall–Kier alpha value is -2.25. The van der Waals surface area contributed by atoms with Crippen LogP contribution in [0.25, 0.3) is 0 Å². The maximum atomic E-state index is 12.5. The average Bonchev–Trinajstić information content (AvgIpc) is 2.79. The van der Waals surface area contributed by atoms with Crippen LogP contribution >= 0.6 is 0 Å². The molecular formula is C19H25N3O4. The van der Waals surface area contributed by atoms with E-state index in [2.05, 4.69) is 10.2 Å². The molecule has 0 aromatic heterocycles. The Morgan fingerprint density at radius 1 is 1.15 bits per heavy atom. The zero-order valence-corrected chi connectivity index (χ0v) is 15.5. The number of imide groups is 1. The minimum atomic E-state index is -0.469. The molecule has 3 rings (SSSR count). The Kier molecular flexibility index (Phi) is 5.11. The second-order valence-electron chi connectivity index (χ2n) is 7.57. The number of carbonyl (C=O) groups is 3.